The van der Waals surface area contributed by atoms with Gasteiger partial charge in [0.25, 0.3) is 0 Å². The van der Waals surface area contributed by atoms with Crippen LogP contribution in [-0.2, 0) is 6.54 Å². The van der Waals surface area contributed by atoms with Crippen LogP contribution < -0.4 is 16.4 Å². The molecule has 2 amide bonds. The van der Waals surface area contributed by atoms with E-state index in [-0.39, 0.29) is 6.03 Å². The second-order valence-corrected chi connectivity index (χ2v) is 3.80. The molecule has 1 saturated carbocycles. The van der Waals surface area contributed by atoms with Gasteiger partial charge in [-0.05, 0) is 24.5 Å². The minimum absolute atomic E-state index is 0.110. The van der Waals surface area contributed by atoms with Crippen LogP contribution in [-0.4, -0.2) is 12.1 Å². The van der Waals surface area contributed by atoms with Crippen molar-refractivity contribution in [3.63, 3.8) is 0 Å². The minimum Gasteiger partial charge on any atom is -0.398 e. The molecular formula is C11H15N3O. The van der Waals surface area contributed by atoms with Crippen molar-refractivity contribution in [2.45, 2.75) is 25.4 Å². The lowest BCUT2D eigenvalue weighted by atomic mass is 10.2. The number of hydrogen-bond acceptors (Lipinski definition) is 2. The Morgan fingerprint density at radius 1 is 1.40 bits per heavy atom. The zero-order valence-corrected chi connectivity index (χ0v) is 8.49. The van der Waals surface area contributed by atoms with Crippen LogP contribution in [0.3, 0.4) is 0 Å². The second-order valence-electron chi connectivity index (χ2n) is 3.80. The third-order valence-corrected chi connectivity index (χ3v) is 2.41. The first-order valence-electron chi connectivity index (χ1n) is 5.13. The average molecular weight is 205 g/mol. The van der Waals surface area contributed by atoms with E-state index in [4.69, 9.17) is 5.73 Å². The highest BCUT2D eigenvalue weighted by atomic mass is 16.2. The topological polar surface area (TPSA) is 67.1 Å². The van der Waals surface area contributed by atoms with Gasteiger partial charge in [-0.25, -0.2) is 4.79 Å². The van der Waals surface area contributed by atoms with Crippen LogP contribution in [0.1, 0.15) is 18.4 Å². The number of nitrogens with one attached hydrogen (secondary N) is 2. The molecule has 0 atom stereocenters. The molecule has 1 aromatic rings. The Morgan fingerprint density at radius 2 is 2.13 bits per heavy atom. The van der Waals surface area contributed by atoms with Crippen molar-refractivity contribution in [2.24, 2.45) is 0 Å². The molecule has 80 valence electrons. The van der Waals surface area contributed by atoms with Gasteiger partial charge in [-0.15, -0.1) is 0 Å². The summed E-state index contributed by atoms with van der Waals surface area (Å²) < 4.78 is 0. The summed E-state index contributed by atoms with van der Waals surface area (Å²) in [7, 11) is 0. The molecule has 0 saturated heterocycles. The molecule has 1 aromatic carbocycles. The molecule has 1 aliphatic rings. The molecule has 0 unspecified atom stereocenters. The first-order valence-corrected chi connectivity index (χ1v) is 5.13. The lowest BCUT2D eigenvalue weighted by Gasteiger charge is -2.08. The number of nitrogens with two attached hydrogens (primary N) is 1. The molecular weight excluding hydrogens is 190 g/mol. The van der Waals surface area contributed by atoms with Crippen molar-refractivity contribution >= 4 is 11.7 Å². The fourth-order valence-electron chi connectivity index (χ4n) is 1.33. The van der Waals surface area contributed by atoms with Crippen LogP contribution in [0, 0.1) is 0 Å². The highest BCUT2D eigenvalue weighted by Gasteiger charge is 2.22. The van der Waals surface area contributed by atoms with E-state index in [9.17, 15) is 4.79 Å². The first kappa shape index (κ1) is 9.83. The van der Waals surface area contributed by atoms with Gasteiger partial charge in [0, 0.05) is 18.3 Å². The summed E-state index contributed by atoms with van der Waals surface area (Å²) in [5.74, 6) is 0. The summed E-state index contributed by atoms with van der Waals surface area (Å²) >= 11 is 0. The molecule has 0 aliphatic heterocycles. The molecule has 1 fully saturated rings. The quantitative estimate of drug-likeness (QED) is 0.650. The van der Waals surface area contributed by atoms with Crippen LogP contribution in [0.25, 0.3) is 0 Å². The highest BCUT2D eigenvalue weighted by Crippen LogP contribution is 2.18. The van der Waals surface area contributed by atoms with Gasteiger partial charge in [0.2, 0.25) is 0 Å². The number of para-hydroxylation sites is 1. The van der Waals surface area contributed by atoms with E-state index >= 15 is 0 Å². The number of amides is 2. The summed E-state index contributed by atoms with van der Waals surface area (Å²) in [4.78, 5) is 11.3. The third-order valence-electron chi connectivity index (χ3n) is 2.41. The van der Waals surface area contributed by atoms with Crippen LogP contribution in [0.15, 0.2) is 24.3 Å². The Bertz CT molecular complexity index is 361. The molecule has 15 heavy (non-hydrogen) atoms. The van der Waals surface area contributed by atoms with Gasteiger partial charge in [0.1, 0.15) is 0 Å². The maximum absolute atomic E-state index is 11.3. The fourth-order valence-corrected chi connectivity index (χ4v) is 1.33. The van der Waals surface area contributed by atoms with Crippen LogP contribution in [0.2, 0.25) is 0 Å². The average Bonchev–Trinajstić information content (AvgIpc) is 3.00. The van der Waals surface area contributed by atoms with Crippen molar-refractivity contribution in [1.82, 2.24) is 10.6 Å². The van der Waals surface area contributed by atoms with E-state index in [1.807, 2.05) is 24.3 Å². The smallest absolute Gasteiger partial charge is 0.315 e. The maximum Gasteiger partial charge on any atom is 0.315 e. The molecule has 0 spiro atoms. The van der Waals surface area contributed by atoms with Crippen LogP contribution in [0.4, 0.5) is 10.5 Å². The first-order chi connectivity index (χ1) is 7.25. The number of anilines is 1. The Hall–Kier alpha value is -1.71. The van der Waals surface area contributed by atoms with Gasteiger partial charge in [0.05, 0.1) is 0 Å². The predicted octanol–water partition coefficient (Wildman–Crippen LogP) is 1.23. The van der Waals surface area contributed by atoms with E-state index in [0.29, 0.717) is 18.3 Å². The van der Waals surface area contributed by atoms with Crippen LogP contribution >= 0.6 is 0 Å². The van der Waals surface area contributed by atoms with E-state index in [0.717, 1.165) is 18.4 Å². The standard InChI is InChI=1S/C11H15N3O/c12-10-4-2-1-3-8(10)7-13-11(15)14-9-5-6-9/h1-4,9H,5-7,12H2,(H2,13,14,15). The Kier molecular flexibility index (Phi) is 2.76. The van der Waals surface area contributed by atoms with Crippen LogP contribution in [0.5, 0.6) is 0 Å². The predicted molar refractivity (Wildman–Crippen MR) is 59.2 cm³/mol. The highest BCUT2D eigenvalue weighted by molar-refractivity contribution is 5.74. The largest absolute Gasteiger partial charge is 0.398 e. The van der Waals surface area contributed by atoms with E-state index in [2.05, 4.69) is 10.6 Å². The third kappa shape index (κ3) is 2.87. The zero-order chi connectivity index (χ0) is 10.7. The number of nitrogen functional groups attached to an aromatic ring is 1. The molecule has 1 aliphatic carbocycles. The molecule has 2 rings (SSSR count). The lowest BCUT2D eigenvalue weighted by molar-refractivity contribution is 0.240. The van der Waals surface area contributed by atoms with Crippen molar-refractivity contribution in [1.29, 1.82) is 0 Å². The molecule has 0 bridgehead atoms. The van der Waals surface area contributed by atoms with Crippen molar-refractivity contribution in [3.05, 3.63) is 29.8 Å². The normalized spacial score (nSPS) is 14.7. The monoisotopic (exact) mass is 205 g/mol. The van der Waals surface area contributed by atoms with Gasteiger partial charge in [0.15, 0.2) is 0 Å². The number of urea groups is 1. The van der Waals surface area contributed by atoms with Crippen molar-refractivity contribution in [3.8, 4) is 0 Å². The molecule has 4 N–H and O–H groups in total. The zero-order valence-electron chi connectivity index (χ0n) is 8.49. The van der Waals surface area contributed by atoms with Gasteiger partial charge < -0.3 is 16.4 Å². The number of benzene rings is 1. The summed E-state index contributed by atoms with van der Waals surface area (Å²) in [5.41, 5.74) is 7.41. The van der Waals surface area contributed by atoms with E-state index in [1.165, 1.54) is 0 Å². The van der Waals surface area contributed by atoms with Gasteiger partial charge in [-0.1, -0.05) is 18.2 Å². The molecule has 4 nitrogen and oxygen atoms in total. The fraction of sp³-hybridized carbons (Fsp3) is 0.364. The van der Waals surface area contributed by atoms with E-state index < -0.39 is 0 Å². The lowest BCUT2D eigenvalue weighted by Crippen LogP contribution is -2.36. The Labute approximate surface area is 88.9 Å². The van der Waals surface area contributed by atoms with Gasteiger partial charge in [-0.3, -0.25) is 0 Å². The minimum atomic E-state index is -0.110. The second kappa shape index (κ2) is 4.21. The summed E-state index contributed by atoms with van der Waals surface area (Å²) in [6.45, 7) is 0.477. The summed E-state index contributed by atoms with van der Waals surface area (Å²) in [6.07, 6.45) is 2.20. The summed E-state index contributed by atoms with van der Waals surface area (Å²) in [6, 6.07) is 7.80. The Morgan fingerprint density at radius 3 is 2.80 bits per heavy atom. The number of carbonyl (C=O) groups is 1. The molecule has 0 heterocycles. The number of hydrogen-bond donors (Lipinski definition) is 3. The number of rotatable bonds is 3. The van der Waals surface area contributed by atoms with Crippen molar-refractivity contribution < 1.29 is 4.79 Å². The summed E-state index contributed by atoms with van der Waals surface area (Å²) in [5, 5.41) is 5.63. The van der Waals surface area contributed by atoms with Gasteiger partial charge in [-0.2, -0.15) is 0 Å². The van der Waals surface area contributed by atoms with E-state index in [1.54, 1.807) is 0 Å². The Balaban J connectivity index is 1.81. The van der Waals surface area contributed by atoms with Gasteiger partial charge >= 0.3 is 6.03 Å². The molecule has 0 aromatic heterocycles. The number of carbonyl (C=O) groups excluding carboxylic acids is 1. The molecule has 0 radical (unpaired) electrons. The molecule has 4 heteroatoms. The SMILES string of the molecule is Nc1ccccc1CNC(=O)NC1CC1. The van der Waals surface area contributed by atoms with Crippen molar-refractivity contribution in [2.75, 3.05) is 5.73 Å². The maximum atomic E-state index is 11.3.